The highest BCUT2D eigenvalue weighted by atomic mass is 32.1. The molecule has 0 unspecified atom stereocenters. The smallest absolute Gasteiger partial charge is 0.335 e. The van der Waals surface area contributed by atoms with E-state index in [1.165, 1.54) is 23.5 Å². The number of carboxylic acid groups (broad SMARTS) is 1. The van der Waals surface area contributed by atoms with E-state index in [-0.39, 0.29) is 11.6 Å². The van der Waals surface area contributed by atoms with Crippen molar-refractivity contribution in [3.8, 4) is 0 Å². The van der Waals surface area contributed by atoms with E-state index in [1.54, 1.807) is 18.3 Å². The number of hydrogen-bond acceptors (Lipinski definition) is 4. The predicted molar refractivity (Wildman–Crippen MR) is 76.1 cm³/mol. The molecule has 1 heterocycles. The Balaban J connectivity index is 1.86. The molecule has 0 atom stereocenters. The van der Waals surface area contributed by atoms with Crippen LogP contribution < -0.4 is 10.6 Å². The number of amides is 2. The van der Waals surface area contributed by atoms with Crippen LogP contribution in [0.2, 0.25) is 0 Å². The monoisotopic (exact) mass is 291 g/mol. The van der Waals surface area contributed by atoms with Gasteiger partial charge in [0.05, 0.1) is 17.1 Å². The van der Waals surface area contributed by atoms with Gasteiger partial charge in [-0.2, -0.15) is 0 Å². The molecule has 20 heavy (non-hydrogen) atoms. The molecule has 0 bridgehead atoms. The Morgan fingerprint density at radius 1 is 1.30 bits per heavy atom. The maximum absolute atomic E-state index is 11.7. The second kappa shape index (κ2) is 6.16. The predicted octanol–water partition coefficient (Wildman–Crippen LogP) is 2.47. The van der Waals surface area contributed by atoms with Gasteiger partial charge in [-0.3, -0.25) is 0 Å². The first-order chi connectivity index (χ1) is 9.54. The number of thiazole rings is 1. The minimum absolute atomic E-state index is 0.177. The average Bonchev–Trinajstić information content (AvgIpc) is 2.83. The lowest BCUT2D eigenvalue weighted by atomic mass is 10.2. The van der Waals surface area contributed by atoms with Crippen LogP contribution in [0.25, 0.3) is 0 Å². The van der Waals surface area contributed by atoms with Crippen LogP contribution in [0.4, 0.5) is 10.5 Å². The molecule has 2 amide bonds. The number of rotatable bonds is 4. The van der Waals surface area contributed by atoms with E-state index in [4.69, 9.17) is 5.11 Å². The van der Waals surface area contributed by atoms with Gasteiger partial charge >= 0.3 is 12.0 Å². The summed E-state index contributed by atoms with van der Waals surface area (Å²) >= 11 is 1.52. The Kier molecular flexibility index (Phi) is 4.31. The molecule has 0 fully saturated rings. The number of nitrogens with zero attached hydrogens (tertiary/aromatic N) is 1. The fourth-order valence-corrected chi connectivity index (χ4v) is 2.26. The first-order valence-corrected chi connectivity index (χ1v) is 6.66. The molecule has 104 valence electrons. The summed E-state index contributed by atoms with van der Waals surface area (Å²) in [6, 6.07) is 5.61. The molecule has 0 saturated heterocycles. The lowest BCUT2D eigenvalue weighted by Crippen LogP contribution is -2.27. The van der Waals surface area contributed by atoms with Crippen molar-refractivity contribution in [2.75, 3.05) is 5.32 Å². The summed E-state index contributed by atoms with van der Waals surface area (Å²) < 4.78 is 0. The van der Waals surface area contributed by atoms with E-state index in [0.717, 1.165) is 9.88 Å². The molecule has 3 N–H and O–H groups in total. The zero-order valence-corrected chi connectivity index (χ0v) is 11.5. The molecular formula is C13H13N3O3S. The SMILES string of the molecule is Cc1ncc(CNC(=O)Nc2ccc(C(=O)O)cc2)s1. The molecule has 2 rings (SSSR count). The number of hydrogen-bond donors (Lipinski definition) is 3. The summed E-state index contributed by atoms with van der Waals surface area (Å²) in [6.07, 6.45) is 1.72. The molecule has 0 aliphatic rings. The third-order valence-corrected chi connectivity index (χ3v) is 3.39. The maximum Gasteiger partial charge on any atom is 0.335 e. The number of aromatic carboxylic acids is 1. The molecule has 0 aliphatic heterocycles. The molecular weight excluding hydrogens is 278 g/mol. The summed E-state index contributed by atoms with van der Waals surface area (Å²) in [5.74, 6) is -0.999. The fraction of sp³-hybridized carbons (Fsp3) is 0.154. The second-order valence-electron chi connectivity index (χ2n) is 4.04. The minimum atomic E-state index is -0.999. The maximum atomic E-state index is 11.7. The molecule has 0 saturated carbocycles. The largest absolute Gasteiger partial charge is 0.478 e. The minimum Gasteiger partial charge on any atom is -0.478 e. The highest BCUT2D eigenvalue weighted by Crippen LogP contribution is 2.12. The fourth-order valence-electron chi connectivity index (χ4n) is 1.53. The van der Waals surface area contributed by atoms with Gasteiger partial charge in [-0.15, -0.1) is 11.3 Å². The van der Waals surface area contributed by atoms with Crippen LogP contribution >= 0.6 is 11.3 Å². The van der Waals surface area contributed by atoms with Crippen molar-refractivity contribution in [3.05, 3.63) is 45.9 Å². The van der Waals surface area contributed by atoms with E-state index < -0.39 is 5.97 Å². The first kappa shape index (κ1) is 14.0. The van der Waals surface area contributed by atoms with Gasteiger partial charge in [0.15, 0.2) is 0 Å². The van der Waals surface area contributed by atoms with Crippen LogP contribution in [0.15, 0.2) is 30.5 Å². The van der Waals surface area contributed by atoms with Gasteiger partial charge in [-0.25, -0.2) is 14.6 Å². The van der Waals surface area contributed by atoms with E-state index in [1.807, 2.05) is 6.92 Å². The van der Waals surface area contributed by atoms with Crippen molar-refractivity contribution in [2.24, 2.45) is 0 Å². The number of aryl methyl sites for hydroxylation is 1. The first-order valence-electron chi connectivity index (χ1n) is 5.84. The van der Waals surface area contributed by atoms with Crippen LogP contribution in [0.3, 0.4) is 0 Å². The van der Waals surface area contributed by atoms with Gasteiger partial charge in [0.25, 0.3) is 0 Å². The average molecular weight is 291 g/mol. The quantitative estimate of drug-likeness (QED) is 0.807. The van der Waals surface area contributed by atoms with Crippen molar-refractivity contribution in [1.82, 2.24) is 10.3 Å². The van der Waals surface area contributed by atoms with Crippen LogP contribution in [-0.2, 0) is 6.54 Å². The topological polar surface area (TPSA) is 91.3 Å². The number of benzene rings is 1. The van der Waals surface area contributed by atoms with E-state index in [9.17, 15) is 9.59 Å². The van der Waals surface area contributed by atoms with E-state index >= 15 is 0 Å². The van der Waals surface area contributed by atoms with Gasteiger partial charge in [0, 0.05) is 16.8 Å². The van der Waals surface area contributed by atoms with Crippen molar-refractivity contribution < 1.29 is 14.7 Å². The second-order valence-corrected chi connectivity index (χ2v) is 5.36. The van der Waals surface area contributed by atoms with E-state index in [0.29, 0.717) is 12.2 Å². The third-order valence-electron chi connectivity index (χ3n) is 2.48. The van der Waals surface area contributed by atoms with Crippen molar-refractivity contribution in [2.45, 2.75) is 13.5 Å². The zero-order valence-electron chi connectivity index (χ0n) is 10.7. The molecule has 1 aromatic heterocycles. The Labute approximate surface area is 119 Å². The molecule has 0 aliphatic carbocycles. The van der Waals surface area contributed by atoms with Crippen LogP contribution in [0.5, 0.6) is 0 Å². The Morgan fingerprint density at radius 2 is 2.00 bits per heavy atom. The van der Waals surface area contributed by atoms with Gasteiger partial charge in [0.2, 0.25) is 0 Å². The molecule has 1 aromatic carbocycles. The van der Waals surface area contributed by atoms with Crippen molar-refractivity contribution >= 4 is 29.0 Å². The Morgan fingerprint density at radius 3 is 2.55 bits per heavy atom. The Hall–Kier alpha value is -2.41. The number of urea groups is 1. The summed E-state index contributed by atoms with van der Waals surface area (Å²) in [7, 11) is 0. The number of carboxylic acids is 1. The molecule has 7 heteroatoms. The lowest BCUT2D eigenvalue weighted by molar-refractivity contribution is 0.0697. The molecule has 2 aromatic rings. The standard InChI is InChI=1S/C13H13N3O3S/c1-8-14-6-11(20-8)7-15-13(19)16-10-4-2-9(3-5-10)12(17)18/h2-6H,7H2,1H3,(H,17,18)(H2,15,16,19). The highest BCUT2D eigenvalue weighted by molar-refractivity contribution is 7.11. The van der Waals surface area contributed by atoms with Gasteiger partial charge in [-0.05, 0) is 31.2 Å². The number of anilines is 1. The summed E-state index contributed by atoms with van der Waals surface area (Å²) in [5.41, 5.74) is 0.712. The summed E-state index contributed by atoms with van der Waals surface area (Å²) in [4.78, 5) is 27.4. The van der Waals surface area contributed by atoms with Crippen molar-refractivity contribution in [1.29, 1.82) is 0 Å². The normalized spacial score (nSPS) is 10.1. The summed E-state index contributed by atoms with van der Waals surface area (Å²) in [6.45, 7) is 2.31. The molecule has 0 radical (unpaired) electrons. The summed E-state index contributed by atoms with van der Waals surface area (Å²) in [5, 5.41) is 15.0. The van der Waals surface area contributed by atoms with Gasteiger partial charge in [-0.1, -0.05) is 0 Å². The highest BCUT2D eigenvalue weighted by Gasteiger charge is 2.05. The number of carbonyl (C=O) groups excluding carboxylic acids is 1. The van der Waals surface area contributed by atoms with Crippen molar-refractivity contribution in [3.63, 3.8) is 0 Å². The third kappa shape index (κ3) is 3.79. The molecule has 6 nitrogen and oxygen atoms in total. The van der Waals surface area contributed by atoms with Crippen LogP contribution in [-0.4, -0.2) is 22.1 Å². The van der Waals surface area contributed by atoms with Gasteiger partial charge in [0.1, 0.15) is 0 Å². The number of aromatic nitrogens is 1. The van der Waals surface area contributed by atoms with E-state index in [2.05, 4.69) is 15.6 Å². The van der Waals surface area contributed by atoms with Crippen LogP contribution in [0, 0.1) is 6.92 Å². The molecule has 0 spiro atoms. The lowest BCUT2D eigenvalue weighted by Gasteiger charge is -2.06. The van der Waals surface area contributed by atoms with Gasteiger partial charge < -0.3 is 15.7 Å². The number of carbonyl (C=O) groups is 2. The van der Waals surface area contributed by atoms with Crippen LogP contribution in [0.1, 0.15) is 20.2 Å². The Bertz CT molecular complexity index is 622. The number of nitrogens with one attached hydrogen (secondary N) is 2. The zero-order chi connectivity index (χ0) is 14.5.